The Bertz CT molecular complexity index is 913. The van der Waals surface area contributed by atoms with E-state index < -0.39 is 0 Å². The second kappa shape index (κ2) is 4.37. The number of imidazole rings is 1. The molecular weight excluding hydrogens is 296 g/mol. The first-order valence-corrected chi connectivity index (χ1v) is 7.79. The summed E-state index contributed by atoms with van der Waals surface area (Å²) in [6.07, 6.45) is 3.74. The van der Waals surface area contributed by atoms with Gasteiger partial charge >= 0.3 is 0 Å². The Hall–Kier alpha value is -2.26. The average molecular weight is 309 g/mol. The molecule has 0 saturated heterocycles. The minimum atomic E-state index is 0.576. The van der Waals surface area contributed by atoms with Crippen molar-refractivity contribution in [1.82, 2.24) is 9.97 Å². The largest absolute Gasteiger partial charge is 0.488 e. The van der Waals surface area contributed by atoms with Gasteiger partial charge < -0.3 is 9.72 Å². The lowest BCUT2D eigenvalue weighted by molar-refractivity contribution is 0.299. The monoisotopic (exact) mass is 308 g/mol. The maximum atomic E-state index is 6.10. The van der Waals surface area contributed by atoms with Crippen LogP contribution >= 0.6 is 11.6 Å². The smallest absolute Gasteiger partial charge is 0.131 e. The number of benzene rings is 2. The van der Waals surface area contributed by atoms with Crippen molar-refractivity contribution in [3.8, 4) is 28.1 Å². The maximum absolute atomic E-state index is 6.10. The van der Waals surface area contributed by atoms with E-state index in [1.54, 1.807) is 6.33 Å². The molecule has 2 aromatic carbocycles. The van der Waals surface area contributed by atoms with Crippen molar-refractivity contribution in [3.05, 3.63) is 58.5 Å². The molecule has 0 saturated carbocycles. The van der Waals surface area contributed by atoms with Crippen LogP contribution in [0.25, 0.3) is 22.4 Å². The van der Waals surface area contributed by atoms with Gasteiger partial charge in [0.05, 0.1) is 12.0 Å². The van der Waals surface area contributed by atoms with E-state index in [2.05, 4.69) is 28.2 Å². The molecule has 22 heavy (non-hydrogen) atoms. The molecule has 5 rings (SSSR count). The zero-order valence-corrected chi connectivity index (χ0v) is 12.6. The zero-order valence-electron chi connectivity index (χ0n) is 11.8. The molecule has 1 aliphatic heterocycles. The summed E-state index contributed by atoms with van der Waals surface area (Å²) in [4.78, 5) is 7.71. The van der Waals surface area contributed by atoms with E-state index in [0.717, 1.165) is 40.4 Å². The highest BCUT2D eigenvalue weighted by Crippen LogP contribution is 2.46. The van der Waals surface area contributed by atoms with Crippen molar-refractivity contribution in [2.75, 3.05) is 0 Å². The number of aromatic amines is 1. The van der Waals surface area contributed by atoms with Crippen LogP contribution in [-0.4, -0.2) is 9.97 Å². The van der Waals surface area contributed by atoms with E-state index >= 15 is 0 Å². The lowest BCUT2D eigenvalue weighted by Crippen LogP contribution is -2.11. The Morgan fingerprint density at radius 1 is 1.05 bits per heavy atom. The Morgan fingerprint density at radius 3 is 2.86 bits per heavy atom. The molecule has 0 bridgehead atoms. The molecule has 0 radical (unpaired) electrons. The molecule has 1 aliphatic carbocycles. The number of hydrogen-bond donors (Lipinski definition) is 1. The molecule has 0 unspecified atom stereocenters. The molecular formula is C18H13ClN2O. The highest BCUT2D eigenvalue weighted by Gasteiger charge is 2.27. The molecule has 3 aromatic rings. The Balaban J connectivity index is 1.76. The summed E-state index contributed by atoms with van der Waals surface area (Å²) in [5.74, 6) is 1.01. The third-order valence-corrected chi connectivity index (χ3v) is 4.82. The third-order valence-electron chi connectivity index (χ3n) is 4.59. The van der Waals surface area contributed by atoms with Gasteiger partial charge in [0.1, 0.15) is 12.4 Å². The predicted molar refractivity (Wildman–Crippen MR) is 86.2 cm³/mol. The summed E-state index contributed by atoms with van der Waals surface area (Å²) in [7, 11) is 0. The minimum Gasteiger partial charge on any atom is -0.488 e. The van der Waals surface area contributed by atoms with Crippen LogP contribution in [0.2, 0.25) is 5.02 Å². The molecule has 2 aliphatic rings. The molecule has 0 atom stereocenters. The van der Waals surface area contributed by atoms with Gasteiger partial charge in [-0.15, -0.1) is 0 Å². The van der Waals surface area contributed by atoms with Crippen LogP contribution in [-0.2, 0) is 19.4 Å². The van der Waals surface area contributed by atoms with Crippen molar-refractivity contribution in [3.63, 3.8) is 0 Å². The van der Waals surface area contributed by atoms with Crippen molar-refractivity contribution < 1.29 is 4.74 Å². The van der Waals surface area contributed by atoms with E-state index in [4.69, 9.17) is 16.3 Å². The van der Waals surface area contributed by atoms with Crippen LogP contribution in [0.1, 0.15) is 16.8 Å². The first-order valence-electron chi connectivity index (χ1n) is 7.41. The number of aryl methyl sites for hydroxylation is 1. The number of nitrogens with zero attached hydrogens (tertiary/aromatic N) is 1. The van der Waals surface area contributed by atoms with Crippen LogP contribution in [0, 0.1) is 0 Å². The molecule has 0 fully saturated rings. The number of halogens is 1. The van der Waals surface area contributed by atoms with Gasteiger partial charge in [-0.25, -0.2) is 4.98 Å². The summed E-state index contributed by atoms with van der Waals surface area (Å²) in [5, 5.41) is 0.755. The summed E-state index contributed by atoms with van der Waals surface area (Å²) in [6, 6.07) is 10.3. The molecule has 4 heteroatoms. The van der Waals surface area contributed by atoms with Crippen molar-refractivity contribution in [2.24, 2.45) is 0 Å². The van der Waals surface area contributed by atoms with Crippen LogP contribution in [0.4, 0.5) is 0 Å². The Morgan fingerprint density at radius 2 is 1.91 bits per heavy atom. The van der Waals surface area contributed by atoms with E-state index in [9.17, 15) is 0 Å². The van der Waals surface area contributed by atoms with Gasteiger partial charge in [0.2, 0.25) is 0 Å². The van der Waals surface area contributed by atoms with Crippen LogP contribution in [0.3, 0.4) is 0 Å². The lowest BCUT2D eigenvalue weighted by Gasteiger charge is -2.26. The molecule has 1 N–H and O–H groups in total. The van der Waals surface area contributed by atoms with Gasteiger partial charge in [-0.2, -0.15) is 0 Å². The second-order valence-corrected chi connectivity index (χ2v) is 6.22. The molecule has 108 valence electrons. The van der Waals surface area contributed by atoms with Crippen LogP contribution in [0.15, 0.2) is 36.7 Å². The minimum absolute atomic E-state index is 0.576. The van der Waals surface area contributed by atoms with Gasteiger partial charge in [-0.05, 0) is 42.2 Å². The average Bonchev–Trinajstić information content (AvgIpc) is 3.02. The van der Waals surface area contributed by atoms with Gasteiger partial charge in [0, 0.05) is 27.4 Å². The highest BCUT2D eigenvalue weighted by molar-refractivity contribution is 6.30. The lowest BCUT2D eigenvalue weighted by atomic mass is 9.86. The zero-order chi connectivity index (χ0) is 14.7. The van der Waals surface area contributed by atoms with Crippen molar-refractivity contribution in [1.29, 1.82) is 0 Å². The SMILES string of the molecule is Clc1ccc2c(c1)COc1c-2ccc2c1CCc1[nH]cnc1-2. The Labute approximate surface area is 132 Å². The summed E-state index contributed by atoms with van der Waals surface area (Å²) in [6.45, 7) is 0.576. The predicted octanol–water partition coefficient (Wildman–Crippen LogP) is 4.39. The van der Waals surface area contributed by atoms with E-state index in [1.165, 1.54) is 22.4 Å². The number of ether oxygens (including phenoxy) is 1. The summed E-state index contributed by atoms with van der Waals surface area (Å²) >= 11 is 6.10. The molecule has 3 nitrogen and oxygen atoms in total. The number of aromatic nitrogens is 2. The highest BCUT2D eigenvalue weighted by atomic mass is 35.5. The van der Waals surface area contributed by atoms with E-state index in [-0.39, 0.29) is 0 Å². The fourth-order valence-electron chi connectivity index (χ4n) is 3.56. The molecule has 0 amide bonds. The second-order valence-electron chi connectivity index (χ2n) is 5.79. The maximum Gasteiger partial charge on any atom is 0.131 e. The molecule has 2 heterocycles. The molecule has 0 spiro atoms. The number of fused-ring (bicyclic) bond motifs is 7. The van der Waals surface area contributed by atoms with Gasteiger partial charge in [0.15, 0.2) is 0 Å². The van der Waals surface area contributed by atoms with Gasteiger partial charge in [-0.1, -0.05) is 23.7 Å². The topological polar surface area (TPSA) is 37.9 Å². The Kier molecular flexibility index (Phi) is 2.44. The standard InChI is InChI=1S/C18H13ClN2O/c19-11-1-2-12-10(7-11)8-22-18-14(12)4-3-13-15(18)5-6-16-17(13)21-9-20-16/h1-4,7,9H,5-6,8H2,(H,20,21). The van der Waals surface area contributed by atoms with Crippen molar-refractivity contribution >= 4 is 11.6 Å². The van der Waals surface area contributed by atoms with Gasteiger partial charge in [0.25, 0.3) is 0 Å². The number of rotatable bonds is 0. The van der Waals surface area contributed by atoms with E-state index in [0.29, 0.717) is 6.61 Å². The van der Waals surface area contributed by atoms with Crippen molar-refractivity contribution in [2.45, 2.75) is 19.4 Å². The van der Waals surface area contributed by atoms with Crippen LogP contribution < -0.4 is 4.74 Å². The van der Waals surface area contributed by atoms with Gasteiger partial charge in [-0.3, -0.25) is 0 Å². The fraction of sp³-hybridized carbons (Fsp3) is 0.167. The molecule has 1 aromatic heterocycles. The quantitative estimate of drug-likeness (QED) is 0.669. The van der Waals surface area contributed by atoms with E-state index in [1.807, 2.05) is 12.1 Å². The summed E-state index contributed by atoms with van der Waals surface area (Å²) in [5.41, 5.74) is 8.29. The normalized spacial score (nSPS) is 14.4. The number of H-pyrrole nitrogens is 1. The third kappa shape index (κ3) is 1.60. The number of hydrogen-bond acceptors (Lipinski definition) is 2. The van der Waals surface area contributed by atoms with Crippen LogP contribution in [0.5, 0.6) is 5.75 Å². The summed E-state index contributed by atoms with van der Waals surface area (Å²) < 4.78 is 6.10. The first kappa shape index (κ1) is 12.3. The fourth-order valence-corrected chi connectivity index (χ4v) is 3.76. The first-order chi connectivity index (χ1) is 10.8. The number of nitrogens with one attached hydrogen (secondary N) is 1.